The van der Waals surface area contributed by atoms with E-state index >= 15 is 0 Å². The number of nitrogens with one attached hydrogen (secondary N) is 2. The van der Waals surface area contributed by atoms with Crippen LogP contribution in [-0.2, 0) is 11.2 Å². The summed E-state index contributed by atoms with van der Waals surface area (Å²) in [6.45, 7) is 2.06. The average Bonchev–Trinajstić information content (AvgIpc) is 2.59. The SMILES string of the molecule is N#CCCC1CN(C(=O)c2ccc3c(c2)CCC(=O)N3)CCN1. The van der Waals surface area contributed by atoms with Gasteiger partial charge in [0.15, 0.2) is 0 Å². The Balaban J connectivity index is 1.70. The highest BCUT2D eigenvalue weighted by molar-refractivity contribution is 5.98. The van der Waals surface area contributed by atoms with Gasteiger partial charge in [0.1, 0.15) is 0 Å². The molecule has 0 saturated carbocycles. The monoisotopic (exact) mass is 312 g/mol. The summed E-state index contributed by atoms with van der Waals surface area (Å²) in [4.78, 5) is 26.0. The van der Waals surface area contributed by atoms with E-state index in [1.807, 2.05) is 17.0 Å². The van der Waals surface area contributed by atoms with Gasteiger partial charge in [-0.2, -0.15) is 5.26 Å². The maximum Gasteiger partial charge on any atom is 0.253 e. The normalized spacial score (nSPS) is 20.4. The van der Waals surface area contributed by atoms with Gasteiger partial charge in [0.2, 0.25) is 5.91 Å². The van der Waals surface area contributed by atoms with Gasteiger partial charge in [-0.3, -0.25) is 9.59 Å². The Bertz CT molecular complexity index is 665. The zero-order chi connectivity index (χ0) is 16.2. The molecule has 2 amide bonds. The molecule has 6 nitrogen and oxygen atoms in total. The van der Waals surface area contributed by atoms with E-state index in [2.05, 4.69) is 16.7 Å². The molecule has 0 spiro atoms. The van der Waals surface area contributed by atoms with E-state index in [1.165, 1.54) is 0 Å². The van der Waals surface area contributed by atoms with Gasteiger partial charge in [-0.1, -0.05) is 0 Å². The predicted molar refractivity (Wildman–Crippen MR) is 85.9 cm³/mol. The van der Waals surface area contributed by atoms with Gasteiger partial charge in [-0.25, -0.2) is 0 Å². The summed E-state index contributed by atoms with van der Waals surface area (Å²) >= 11 is 0. The molecule has 0 radical (unpaired) electrons. The van der Waals surface area contributed by atoms with Gasteiger partial charge in [0.25, 0.3) is 5.91 Å². The number of fused-ring (bicyclic) bond motifs is 1. The fourth-order valence-corrected chi connectivity index (χ4v) is 3.14. The predicted octanol–water partition coefficient (Wildman–Crippen LogP) is 1.29. The lowest BCUT2D eigenvalue weighted by atomic mass is 9.99. The highest BCUT2D eigenvalue weighted by Gasteiger charge is 2.25. The van der Waals surface area contributed by atoms with E-state index in [0.29, 0.717) is 37.9 Å². The molecule has 0 bridgehead atoms. The van der Waals surface area contributed by atoms with Crippen molar-refractivity contribution in [2.45, 2.75) is 31.7 Å². The van der Waals surface area contributed by atoms with Crippen molar-refractivity contribution in [3.05, 3.63) is 29.3 Å². The Morgan fingerprint density at radius 3 is 3.09 bits per heavy atom. The molecule has 1 saturated heterocycles. The second-order valence-electron chi connectivity index (χ2n) is 6.02. The van der Waals surface area contributed by atoms with Crippen molar-refractivity contribution in [2.24, 2.45) is 0 Å². The molecule has 2 N–H and O–H groups in total. The van der Waals surface area contributed by atoms with Gasteiger partial charge in [0.05, 0.1) is 6.07 Å². The van der Waals surface area contributed by atoms with Crippen LogP contribution in [0.15, 0.2) is 18.2 Å². The quantitative estimate of drug-likeness (QED) is 0.880. The van der Waals surface area contributed by atoms with Gasteiger partial charge in [-0.15, -0.1) is 0 Å². The lowest BCUT2D eigenvalue weighted by Crippen LogP contribution is -2.52. The number of anilines is 1. The Morgan fingerprint density at radius 1 is 1.39 bits per heavy atom. The third-order valence-corrected chi connectivity index (χ3v) is 4.40. The molecular weight excluding hydrogens is 292 g/mol. The van der Waals surface area contributed by atoms with E-state index < -0.39 is 0 Å². The Morgan fingerprint density at radius 2 is 2.26 bits per heavy atom. The number of carbonyl (C=O) groups is 2. The molecule has 2 heterocycles. The largest absolute Gasteiger partial charge is 0.336 e. The van der Waals surface area contributed by atoms with Crippen LogP contribution in [0.25, 0.3) is 0 Å². The standard InChI is InChI=1S/C17H20N4O2/c18-7-1-2-14-11-21(9-8-19-14)17(23)13-3-5-15-12(10-13)4-6-16(22)20-15/h3,5,10,14,19H,1-2,4,6,8-9,11H2,(H,20,22). The number of nitrogens with zero attached hydrogens (tertiary/aromatic N) is 2. The molecular formula is C17H20N4O2. The number of rotatable bonds is 3. The van der Waals surface area contributed by atoms with Crippen molar-refractivity contribution in [2.75, 3.05) is 25.0 Å². The van der Waals surface area contributed by atoms with Crippen LogP contribution in [0.3, 0.4) is 0 Å². The molecule has 0 aromatic heterocycles. The number of hydrogen-bond donors (Lipinski definition) is 2. The smallest absolute Gasteiger partial charge is 0.253 e. The van der Waals surface area contributed by atoms with E-state index in [0.717, 1.165) is 24.2 Å². The zero-order valence-electron chi connectivity index (χ0n) is 13.0. The fraction of sp³-hybridized carbons (Fsp3) is 0.471. The summed E-state index contributed by atoms with van der Waals surface area (Å²) in [7, 11) is 0. The summed E-state index contributed by atoms with van der Waals surface area (Å²) in [5.74, 6) is 0.0483. The minimum atomic E-state index is 0.0214. The fourth-order valence-electron chi connectivity index (χ4n) is 3.14. The maximum absolute atomic E-state index is 12.7. The highest BCUT2D eigenvalue weighted by Crippen LogP contribution is 2.24. The molecule has 2 aliphatic heterocycles. The first-order valence-electron chi connectivity index (χ1n) is 8.00. The van der Waals surface area contributed by atoms with Gasteiger partial charge in [-0.05, 0) is 36.6 Å². The van der Waals surface area contributed by atoms with E-state index in [1.54, 1.807) is 6.07 Å². The van der Waals surface area contributed by atoms with Gasteiger partial charge in [0, 0.05) is 49.8 Å². The first-order chi connectivity index (χ1) is 11.2. The van der Waals surface area contributed by atoms with Gasteiger partial charge < -0.3 is 15.5 Å². The topological polar surface area (TPSA) is 85.2 Å². The number of carbonyl (C=O) groups excluding carboxylic acids is 2. The lowest BCUT2D eigenvalue weighted by molar-refractivity contribution is -0.116. The minimum Gasteiger partial charge on any atom is -0.336 e. The van der Waals surface area contributed by atoms with Crippen molar-refractivity contribution in [3.63, 3.8) is 0 Å². The molecule has 2 aliphatic rings. The third kappa shape index (κ3) is 3.51. The maximum atomic E-state index is 12.7. The number of hydrogen-bond acceptors (Lipinski definition) is 4. The molecule has 1 aromatic carbocycles. The molecule has 1 atom stereocenters. The summed E-state index contributed by atoms with van der Waals surface area (Å²) in [5.41, 5.74) is 2.50. The Labute approximate surface area is 135 Å². The third-order valence-electron chi connectivity index (χ3n) is 4.40. The Hall–Kier alpha value is -2.39. The van der Waals surface area contributed by atoms with Gasteiger partial charge >= 0.3 is 0 Å². The molecule has 1 unspecified atom stereocenters. The van der Waals surface area contributed by atoms with Crippen LogP contribution in [-0.4, -0.2) is 42.4 Å². The summed E-state index contributed by atoms with van der Waals surface area (Å²) < 4.78 is 0. The first kappa shape index (κ1) is 15.5. The minimum absolute atomic E-state index is 0.0214. The van der Waals surface area contributed by atoms with Crippen molar-refractivity contribution in [1.82, 2.24) is 10.2 Å². The Kier molecular flexibility index (Phi) is 4.58. The highest BCUT2D eigenvalue weighted by atomic mass is 16.2. The summed E-state index contributed by atoms with van der Waals surface area (Å²) in [5, 5.41) is 14.9. The molecule has 120 valence electrons. The number of amides is 2. The molecule has 23 heavy (non-hydrogen) atoms. The van der Waals surface area contributed by atoms with E-state index in [9.17, 15) is 9.59 Å². The van der Waals surface area contributed by atoms with Crippen LogP contribution < -0.4 is 10.6 Å². The average molecular weight is 312 g/mol. The second kappa shape index (κ2) is 6.80. The number of benzene rings is 1. The van der Waals surface area contributed by atoms with Crippen molar-refractivity contribution in [1.29, 1.82) is 5.26 Å². The second-order valence-corrected chi connectivity index (χ2v) is 6.02. The number of aryl methyl sites for hydroxylation is 1. The molecule has 0 aliphatic carbocycles. The van der Waals surface area contributed by atoms with Crippen LogP contribution in [0.5, 0.6) is 0 Å². The molecule has 1 fully saturated rings. The zero-order valence-corrected chi connectivity index (χ0v) is 13.0. The molecule has 6 heteroatoms. The van der Waals surface area contributed by atoms with Crippen LogP contribution in [0.2, 0.25) is 0 Å². The van der Waals surface area contributed by atoms with Crippen molar-refractivity contribution in [3.8, 4) is 6.07 Å². The van der Waals surface area contributed by atoms with Crippen molar-refractivity contribution >= 4 is 17.5 Å². The summed E-state index contributed by atoms with van der Waals surface area (Å²) in [6.07, 6.45) is 2.40. The van der Waals surface area contributed by atoms with E-state index in [4.69, 9.17) is 5.26 Å². The molecule has 1 aromatic rings. The van der Waals surface area contributed by atoms with Crippen LogP contribution in [0.4, 0.5) is 5.69 Å². The molecule has 3 rings (SSSR count). The van der Waals surface area contributed by atoms with E-state index in [-0.39, 0.29) is 17.9 Å². The van der Waals surface area contributed by atoms with Crippen molar-refractivity contribution < 1.29 is 9.59 Å². The van der Waals surface area contributed by atoms with Crippen LogP contribution in [0, 0.1) is 11.3 Å². The van der Waals surface area contributed by atoms with Crippen LogP contribution in [0.1, 0.15) is 35.2 Å². The summed E-state index contributed by atoms with van der Waals surface area (Å²) in [6, 6.07) is 7.82. The first-order valence-corrected chi connectivity index (χ1v) is 8.00. The number of nitriles is 1. The number of piperazine rings is 1. The van der Waals surface area contributed by atoms with Crippen LogP contribution >= 0.6 is 0 Å². The lowest BCUT2D eigenvalue weighted by Gasteiger charge is -2.33.